The SMILES string of the molecule is Cc1ccc(C)c(NC(=O)[C@H](C)Sc2nc3ccccc3c(=O)n2C2CC2)c1. The van der Waals surface area contributed by atoms with Gasteiger partial charge < -0.3 is 5.32 Å². The van der Waals surface area contributed by atoms with E-state index < -0.39 is 0 Å². The largest absolute Gasteiger partial charge is 0.325 e. The van der Waals surface area contributed by atoms with Crippen molar-refractivity contribution in [2.24, 2.45) is 0 Å². The van der Waals surface area contributed by atoms with E-state index in [1.54, 1.807) is 4.57 Å². The number of rotatable bonds is 5. The molecule has 0 bridgehead atoms. The van der Waals surface area contributed by atoms with Crippen LogP contribution in [0.4, 0.5) is 5.69 Å². The number of thioether (sulfide) groups is 1. The van der Waals surface area contributed by atoms with Crippen LogP contribution >= 0.6 is 11.8 Å². The van der Waals surface area contributed by atoms with Gasteiger partial charge in [0.05, 0.1) is 16.2 Å². The van der Waals surface area contributed by atoms with Gasteiger partial charge in [-0.2, -0.15) is 0 Å². The summed E-state index contributed by atoms with van der Waals surface area (Å²) in [5, 5.41) is 3.89. The molecule has 5 nitrogen and oxygen atoms in total. The topological polar surface area (TPSA) is 64.0 Å². The zero-order chi connectivity index (χ0) is 19.8. The van der Waals surface area contributed by atoms with E-state index in [9.17, 15) is 9.59 Å². The molecule has 4 rings (SSSR count). The summed E-state index contributed by atoms with van der Waals surface area (Å²) in [5.74, 6) is -0.0940. The normalized spacial score (nSPS) is 14.8. The van der Waals surface area contributed by atoms with Crippen molar-refractivity contribution < 1.29 is 4.79 Å². The molecule has 6 heteroatoms. The van der Waals surface area contributed by atoms with Gasteiger partial charge in [0, 0.05) is 11.7 Å². The van der Waals surface area contributed by atoms with Crippen LogP contribution in [0.5, 0.6) is 0 Å². The number of hydrogen-bond acceptors (Lipinski definition) is 4. The number of hydrogen-bond donors (Lipinski definition) is 1. The number of nitrogens with zero attached hydrogens (tertiary/aromatic N) is 2. The molecule has 1 aliphatic rings. The van der Waals surface area contributed by atoms with Crippen LogP contribution in [0, 0.1) is 13.8 Å². The molecule has 1 amide bonds. The van der Waals surface area contributed by atoms with E-state index in [0.717, 1.165) is 29.7 Å². The summed E-state index contributed by atoms with van der Waals surface area (Å²) < 4.78 is 1.77. The molecule has 144 valence electrons. The zero-order valence-corrected chi connectivity index (χ0v) is 17.0. The monoisotopic (exact) mass is 393 g/mol. The Labute approximate surface area is 168 Å². The Kier molecular flexibility index (Phi) is 4.98. The number of para-hydroxylation sites is 1. The average molecular weight is 394 g/mol. The Balaban J connectivity index is 1.62. The summed E-state index contributed by atoms with van der Waals surface area (Å²) >= 11 is 1.34. The molecule has 3 aromatic rings. The molecular weight excluding hydrogens is 370 g/mol. The smallest absolute Gasteiger partial charge is 0.262 e. The molecule has 1 saturated carbocycles. The lowest BCUT2D eigenvalue weighted by Crippen LogP contribution is -2.26. The number of anilines is 1. The van der Waals surface area contributed by atoms with E-state index in [2.05, 4.69) is 5.32 Å². The van der Waals surface area contributed by atoms with E-state index in [0.29, 0.717) is 16.1 Å². The maximum Gasteiger partial charge on any atom is 0.262 e. The van der Waals surface area contributed by atoms with Crippen molar-refractivity contribution in [3.63, 3.8) is 0 Å². The van der Waals surface area contributed by atoms with Crippen molar-refractivity contribution in [2.45, 2.75) is 50.1 Å². The quantitative estimate of drug-likeness (QED) is 0.513. The third-order valence-electron chi connectivity index (χ3n) is 4.99. The van der Waals surface area contributed by atoms with Gasteiger partial charge in [0.1, 0.15) is 0 Å². The Bertz CT molecular complexity index is 1120. The van der Waals surface area contributed by atoms with Crippen LogP contribution in [0.15, 0.2) is 52.4 Å². The van der Waals surface area contributed by atoms with Crippen molar-refractivity contribution in [3.8, 4) is 0 Å². The first-order chi connectivity index (χ1) is 13.4. The van der Waals surface area contributed by atoms with Crippen LogP contribution < -0.4 is 10.9 Å². The second kappa shape index (κ2) is 7.43. The van der Waals surface area contributed by atoms with Crippen molar-refractivity contribution in [2.75, 3.05) is 5.32 Å². The van der Waals surface area contributed by atoms with Crippen molar-refractivity contribution in [1.29, 1.82) is 0 Å². The molecular formula is C22H23N3O2S. The van der Waals surface area contributed by atoms with Gasteiger partial charge in [-0.3, -0.25) is 14.2 Å². The minimum atomic E-state index is -0.377. The van der Waals surface area contributed by atoms with Crippen molar-refractivity contribution >= 4 is 34.3 Å². The Morgan fingerprint density at radius 2 is 1.96 bits per heavy atom. The average Bonchev–Trinajstić information content (AvgIpc) is 3.50. The lowest BCUT2D eigenvalue weighted by molar-refractivity contribution is -0.115. The van der Waals surface area contributed by atoms with Gasteiger partial charge in [-0.1, -0.05) is 36.0 Å². The second-order valence-electron chi connectivity index (χ2n) is 7.39. The Morgan fingerprint density at radius 3 is 2.71 bits per heavy atom. The zero-order valence-electron chi connectivity index (χ0n) is 16.2. The molecule has 2 aromatic carbocycles. The molecule has 28 heavy (non-hydrogen) atoms. The predicted molar refractivity (Wildman–Crippen MR) is 114 cm³/mol. The fraction of sp³-hybridized carbons (Fsp3) is 0.318. The first kappa shape index (κ1) is 18.7. The molecule has 1 heterocycles. The highest BCUT2D eigenvalue weighted by molar-refractivity contribution is 8.00. The number of nitrogens with one attached hydrogen (secondary N) is 1. The van der Waals surface area contributed by atoms with Gasteiger partial charge >= 0.3 is 0 Å². The third-order valence-corrected chi connectivity index (χ3v) is 6.06. The van der Waals surface area contributed by atoms with Gasteiger partial charge in [0.2, 0.25) is 5.91 Å². The summed E-state index contributed by atoms with van der Waals surface area (Å²) in [6.45, 7) is 5.83. The number of carbonyl (C=O) groups is 1. The first-order valence-corrected chi connectivity index (χ1v) is 10.4. The van der Waals surface area contributed by atoms with Gasteiger partial charge in [-0.05, 0) is 62.9 Å². The third kappa shape index (κ3) is 3.69. The molecule has 0 saturated heterocycles. The first-order valence-electron chi connectivity index (χ1n) is 9.50. The van der Waals surface area contributed by atoms with Gasteiger partial charge in [0.25, 0.3) is 5.56 Å². The molecule has 0 aliphatic heterocycles. The van der Waals surface area contributed by atoms with Crippen LogP contribution in [0.25, 0.3) is 10.9 Å². The van der Waals surface area contributed by atoms with Crippen LogP contribution in [0.2, 0.25) is 0 Å². The standard InChI is InChI=1S/C22H23N3O2S/c1-13-8-9-14(2)19(12-13)23-20(26)15(3)28-22-24-18-7-5-4-6-17(18)21(27)25(22)16-10-11-16/h4-9,12,15-16H,10-11H2,1-3H3,(H,23,26)/t15-/m0/s1. The summed E-state index contributed by atoms with van der Waals surface area (Å²) in [6.07, 6.45) is 1.97. The minimum absolute atomic E-state index is 0.0160. The predicted octanol–water partition coefficient (Wildman–Crippen LogP) is 4.47. The highest BCUT2D eigenvalue weighted by Gasteiger charge is 2.30. The molecule has 1 N–H and O–H groups in total. The van der Waals surface area contributed by atoms with Crippen LogP contribution in [0.1, 0.15) is 36.9 Å². The van der Waals surface area contributed by atoms with E-state index in [-0.39, 0.29) is 22.8 Å². The van der Waals surface area contributed by atoms with Gasteiger partial charge in [-0.25, -0.2) is 4.98 Å². The van der Waals surface area contributed by atoms with E-state index in [1.165, 1.54) is 11.8 Å². The highest BCUT2D eigenvalue weighted by atomic mass is 32.2. The van der Waals surface area contributed by atoms with Crippen LogP contribution in [-0.2, 0) is 4.79 Å². The van der Waals surface area contributed by atoms with E-state index in [4.69, 9.17) is 4.98 Å². The fourth-order valence-electron chi connectivity index (χ4n) is 3.18. The molecule has 1 atom stereocenters. The number of carbonyl (C=O) groups excluding carboxylic acids is 1. The summed E-state index contributed by atoms with van der Waals surface area (Å²) in [6, 6.07) is 13.6. The van der Waals surface area contributed by atoms with Crippen LogP contribution in [0.3, 0.4) is 0 Å². The summed E-state index contributed by atoms with van der Waals surface area (Å²) in [4.78, 5) is 30.4. The number of amides is 1. The minimum Gasteiger partial charge on any atom is -0.325 e. The second-order valence-corrected chi connectivity index (χ2v) is 8.69. The maximum absolute atomic E-state index is 13.0. The van der Waals surface area contributed by atoms with E-state index >= 15 is 0 Å². The summed E-state index contributed by atoms with van der Waals surface area (Å²) in [7, 11) is 0. The molecule has 0 unspecified atom stereocenters. The van der Waals surface area contributed by atoms with Crippen LogP contribution in [-0.4, -0.2) is 20.7 Å². The Hall–Kier alpha value is -2.60. The maximum atomic E-state index is 13.0. The molecule has 1 fully saturated rings. The van der Waals surface area contributed by atoms with E-state index in [1.807, 2.05) is 63.2 Å². The van der Waals surface area contributed by atoms with Crippen molar-refractivity contribution in [3.05, 3.63) is 63.9 Å². The molecule has 1 aliphatic carbocycles. The lowest BCUT2D eigenvalue weighted by Gasteiger charge is -2.17. The number of fused-ring (bicyclic) bond motifs is 1. The summed E-state index contributed by atoms with van der Waals surface area (Å²) in [5.41, 5.74) is 3.60. The van der Waals surface area contributed by atoms with Gasteiger partial charge in [-0.15, -0.1) is 0 Å². The molecule has 0 radical (unpaired) electrons. The Morgan fingerprint density at radius 1 is 1.21 bits per heavy atom. The highest BCUT2D eigenvalue weighted by Crippen LogP contribution is 2.37. The fourth-order valence-corrected chi connectivity index (χ4v) is 4.16. The number of aromatic nitrogens is 2. The lowest BCUT2D eigenvalue weighted by atomic mass is 10.1. The molecule has 0 spiro atoms. The van der Waals surface area contributed by atoms with Crippen molar-refractivity contribution in [1.82, 2.24) is 9.55 Å². The van der Waals surface area contributed by atoms with Gasteiger partial charge in [0.15, 0.2) is 5.16 Å². The number of benzene rings is 2. The number of aryl methyl sites for hydroxylation is 2. The molecule has 1 aromatic heterocycles.